The summed E-state index contributed by atoms with van der Waals surface area (Å²) >= 11 is 1.46. The largest absolute Gasteiger partial charge is 0.320 e. The lowest BCUT2D eigenvalue weighted by molar-refractivity contribution is 1.09. The highest BCUT2D eigenvalue weighted by molar-refractivity contribution is 8.13. The van der Waals surface area contributed by atoms with E-state index in [2.05, 4.69) is 32.5 Å². The minimum Gasteiger partial charge on any atom is -0.320 e. The zero-order valence-corrected chi connectivity index (χ0v) is 39.6. The molecule has 0 aliphatic heterocycles. The van der Waals surface area contributed by atoms with Crippen molar-refractivity contribution < 1.29 is 0 Å². The fourth-order valence-corrected chi connectivity index (χ4v) is 0. The summed E-state index contributed by atoms with van der Waals surface area (Å²) in [5, 5.41) is 7.38. The van der Waals surface area contributed by atoms with Gasteiger partial charge in [0.15, 0.2) is 0 Å². The van der Waals surface area contributed by atoms with Crippen molar-refractivity contribution in [3.63, 3.8) is 0 Å². The average molecular weight is 768 g/mol. The Kier molecular flexibility index (Phi) is 10900. The van der Waals surface area contributed by atoms with Crippen LogP contribution >= 0.6 is 11.8 Å². The zero-order chi connectivity index (χ0) is 40.4. The Morgan fingerprint density at radius 1 is 0.380 bits per heavy atom. The molecule has 0 atom stereocenters. The van der Waals surface area contributed by atoms with E-state index in [0.717, 1.165) is 0 Å². The van der Waals surface area contributed by atoms with Crippen molar-refractivity contribution in [3.8, 4) is 0 Å². The third kappa shape index (κ3) is 45100. The highest BCUT2D eigenvalue weighted by atomic mass is 32.2. The molecule has 0 bridgehead atoms. The van der Waals surface area contributed by atoms with Crippen LogP contribution < -0.4 is 0 Å². The zero-order valence-electron chi connectivity index (χ0n) is 38.8. The fourth-order valence-electron chi connectivity index (χ4n) is 0. The van der Waals surface area contributed by atoms with E-state index >= 15 is 0 Å². The van der Waals surface area contributed by atoms with Gasteiger partial charge < -0.3 is 4.85 Å². The highest BCUT2D eigenvalue weighted by Gasteiger charge is 1.70. The molecular weight excluding hydrogens is 625 g/mol. The second-order valence-electron chi connectivity index (χ2n) is 2.40. The highest BCUT2D eigenvalue weighted by Crippen LogP contribution is 1.89. The van der Waals surface area contributed by atoms with Gasteiger partial charge in [-0.05, 0) is 13.2 Å². The van der Waals surface area contributed by atoms with Gasteiger partial charge in [0, 0.05) is 0 Å². The second-order valence-corrected chi connectivity index (χ2v) is 3.42. The van der Waals surface area contributed by atoms with Crippen molar-refractivity contribution in [2.75, 3.05) is 13.3 Å². The molecule has 1 N–H and O–H groups in total. The molecule has 0 saturated heterocycles. The van der Waals surface area contributed by atoms with Crippen LogP contribution in [0.2, 0.25) is 0 Å². The Morgan fingerprint density at radius 3 is 0.400 bits per heavy atom. The lowest BCUT2D eigenvalue weighted by atomic mass is 10.6. The molecule has 0 aromatic heterocycles. The van der Waals surface area contributed by atoms with Crippen molar-refractivity contribution in [3.05, 3.63) is 11.4 Å². The van der Waals surface area contributed by atoms with Gasteiger partial charge in [-0.25, -0.2) is 6.57 Å². The quantitative estimate of drug-likeness (QED) is 0.148. The van der Waals surface area contributed by atoms with E-state index in [-0.39, 0.29) is 59.4 Å². The maximum Gasteiger partial charge on any atom is 0.205 e. The van der Waals surface area contributed by atoms with Crippen molar-refractivity contribution in [1.29, 1.82) is 5.41 Å². The van der Waals surface area contributed by atoms with Crippen LogP contribution in [-0.2, 0) is 0 Å². The number of rotatable bonds is 0. The van der Waals surface area contributed by atoms with Crippen molar-refractivity contribution in [1.82, 2.24) is 0 Å². The summed E-state index contributed by atoms with van der Waals surface area (Å²) in [6.07, 6.45) is 4.39. The van der Waals surface area contributed by atoms with Crippen LogP contribution in [0.1, 0.15) is 301 Å². The predicted octanol–water partition coefficient (Wildman–Crippen LogP) is 24.2. The smallest absolute Gasteiger partial charge is 0.205 e. The van der Waals surface area contributed by atoms with Gasteiger partial charge in [0.2, 0.25) is 7.05 Å². The number of hydrogen-bond acceptors (Lipinski definition) is 2. The first-order chi connectivity index (χ1) is 20.5. The van der Waals surface area contributed by atoms with Crippen molar-refractivity contribution >= 4 is 16.8 Å². The van der Waals surface area contributed by atoms with Crippen LogP contribution in [0.15, 0.2) is 0 Å². The van der Waals surface area contributed by atoms with E-state index in [1.54, 1.807) is 6.92 Å². The summed E-state index contributed by atoms with van der Waals surface area (Å²) in [5.74, 6) is 0. The molecule has 0 heterocycles. The van der Waals surface area contributed by atoms with Gasteiger partial charge in [0.05, 0.1) is 5.04 Å². The maximum atomic E-state index is 6.71. The Morgan fingerprint density at radius 2 is 0.400 bits per heavy atom. The molecule has 0 spiro atoms. The Balaban J connectivity index is -0.00000000508. The van der Waals surface area contributed by atoms with Crippen molar-refractivity contribution in [2.45, 2.75) is 301 Å². The van der Waals surface area contributed by atoms with E-state index in [1.165, 1.54) is 31.7 Å². The molecule has 50 heavy (non-hydrogen) atoms. The standard InChI is InChI=1S/C3H7NS.2C3H8.C2H3N.14C2H6.8CH4/c1-3(4)5-2;3*1-3-2;14*1-2;;;;;;;;/h4H,1-2H3;2*3H2,1-2H3;1H3;14*1-2H3;8*1H4. The minimum absolute atomic E-state index is 0. The molecule has 0 aromatic carbocycles. The molecule has 0 amide bonds. The third-order valence-electron chi connectivity index (χ3n) is 0.306. The van der Waals surface area contributed by atoms with Crippen LogP contribution in [0.5, 0.6) is 0 Å². The Labute approximate surface area is 346 Å². The number of thioether (sulfide) groups is 1. The van der Waals surface area contributed by atoms with E-state index in [9.17, 15) is 0 Å². The molecule has 0 fully saturated rings. The van der Waals surface area contributed by atoms with E-state index in [0.29, 0.717) is 5.04 Å². The summed E-state index contributed by atoms with van der Waals surface area (Å²) in [6, 6.07) is 0. The van der Waals surface area contributed by atoms with Gasteiger partial charge in [0.1, 0.15) is 0 Å². The first-order valence-corrected chi connectivity index (χ1v) is 20.1. The van der Waals surface area contributed by atoms with Gasteiger partial charge in [-0.2, -0.15) is 0 Å². The van der Waals surface area contributed by atoms with Gasteiger partial charge in [-0.15, -0.1) is 11.8 Å². The molecule has 0 aliphatic rings. The number of nitrogens with one attached hydrogen (secondary N) is 1. The van der Waals surface area contributed by atoms with Crippen LogP contribution in [0, 0.1) is 12.0 Å². The van der Waals surface area contributed by atoms with Crippen LogP contribution in [0.25, 0.3) is 4.85 Å². The lowest BCUT2D eigenvalue weighted by Crippen LogP contribution is -1.70. The first kappa shape index (κ1) is 211. The van der Waals surface area contributed by atoms with E-state index < -0.39 is 0 Å². The lowest BCUT2D eigenvalue weighted by Gasteiger charge is -1.77. The Bertz CT molecular complexity index is 121. The normalized spacial score (nSPS) is 3.32. The molecule has 0 aromatic rings. The molecule has 0 unspecified atom stereocenters. The molecule has 2 nitrogen and oxygen atoms in total. The summed E-state index contributed by atoms with van der Waals surface area (Å²) in [7, 11) is 1.42. The first-order valence-electron chi connectivity index (χ1n) is 18.9. The number of hydrogen-bond donors (Lipinski definition) is 1. The molecule has 0 saturated carbocycles. The SMILES string of the molecule is C.C.C.C.C.C.C.C.CC.CC.CC.CC.CC.CC.CC.CC.CC.CC.CC.CC.CC.CC.CCC.CCC.CSC(C)=N.[C-]#[N+]C. The van der Waals surface area contributed by atoms with Crippen LogP contribution in [-0.4, -0.2) is 18.3 Å². The van der Waals surface area contributed by atoms with Crippen molar-refractivity contribution in [2.24, 2.45) is 0 Å². The topological polar surface area (TPSA) is 28.2 Å². The molecule has 346 valence electrons. The van der Waals surface area contributed by atoms with Gasteiger partial charge in [0.25, 0.3) is 0 Å². The average Bonchev–Trinajstić information content (AvgIpc) is 3.14. The monoisotopic (exact) mass is 767 g/mol. The predicted molar refractivity (Wildman–Crippen MR) is 284 cm³/mol. The molecular formula is C47H142N2S. The summed E-state index contributed by atoms with van der Waals surface area (Å²) in [6.45, 7) is 72.1. The molecule has 0 rings (SSSR count). The van der Waals surface area contributed by atoms with Crippen LogP contribution in [0.4, 0.5) is 0 Å². The van der Waals surface area contributed by atoms with Gasteiger partial charge in [-0.1, -0.05) is 294 Å². The number of nitrogens with zero attached hydrogens (tertiary/aromatic N) is 1. The minimum atomic E-state index is 0. The van der Waals surface area contributed by atoms with E-state index in [4.69, 9.17) is 12.0 Å². The Hall–Kier alpha value is -0.490. The van der Waals surface area contributed by atoms with Gasteiger partial charge in [-0.3, -0.25) is 5.41 Å². The maximum absolute atomic E-state index is 6.71. The molecule has 0 aliphatic carbocycles. The third-order valence-corrected chi connectivity index (χ3v) is 0.919. The summed E-state index contributed by atoms with van der Waals surface area (Å²) in [4.78, 5) is 2.75. The van der Waals surface area contributed by atoms with E-state index in [1.807, 2.05) is 200 Å². The molecule has 3 heteroatoms. The van der Waals surface area contributed by atoms with Gasteiger partial charge >= 0.3 is 0 Å². The summed E-state index contributed by atoms with van der Waals surface area (Å²) < 4.78 is 0. The van der Waals surface area contributed by atoms with Crippen LogP contribution in [0.3, 0.4) is 0 Å². The second kappa shape index (κ2) is 2580. The summed E-state index contributed by atoms with van der Waals surface area (Å²) in [5.41, 5.74) is 0. The fraction of sp³-hybridized carbons (Fsp3) is 0.957. The molecule has 0 radical (unpaired) electrons.